The second-order valence-electron chi connectivity index (χ2n) is 3.59. The normalized spacial score (nSPS) is 6.38. The highest BCUT2D eigenvalue weighted by atomic mass is 13.7. The van der Waals surface area contributed by atoms with Gasteiger partial charge in [-0.1, -0.05) is 37.1 Å². The van der Waals surface area contributed by atoms with Crippen LogP contribution in [0.5, 0.6) is 0 Å². The predicted molar refractivity (Wildman–Crippen MR) is 82.0 cm³/mol. The molecule has 0 aromatic carbocycles. The van der Waals surface area contributed by atoms with Crippen molar-refractivity contribution in [2.75, 3.05) is 0 Å². The van der Waals surface area contributed by atoms with Crippen molar-refractivity contribution in [3.05, 3.63) is 49.6 Å². The summed E-state index contributed by atoms with van der Waals surface area (Å²) in [5.74, 6) is 0. The Morgan fingerprint density at radius 2 is 1.19 bits per heavy atom. The molecular weight excluding hydrogens is 192 g/mol. The van der Waals surface area contributed by atoms with E-state index in [0.29, 0.717) is 0 Å². The first-order chi connectivity index (χ1) is 7.42. The van der Waals surface area contributed by atoms with Gasteiger partial charge in [-0.2, -0.15) is 0 Å². The molecule has 0 unspecified atom stereocenters. The van der Waals surface area contributed by atoms with Gasteiger partial charge in [-0.3, -0.25) is 0 Å². The van der Waals surface area contributed by atoms with Crippen LogP contribution in [0.25, 0.3) is 0 Å². The average molecular weight is 224 g/mol. The van der Waals surface area contributed by atoms with Crippen molar-refractivity contribution in [3.8, 4) is 0 Å². The molecule has 96 valence electrons. The van der Waals surface area contributed by atoms with Crippen LogP contribution in [-0.2, 0) is 0 Å². The Morgan fingerprint density at radius 3 is 1.19 bits per heavy atom. The summed E-state index contributed by atoms with van der Waals surface area (Å²) in [5.41, 5.74) is 2.58. The molecule has 0 rings (SSSR count). The van der Waals surface area contributed by atoms with E-state index in [1.165, 1.54) is 17.6 Å². The molecule has 0 heteroatoms. The van der Waals surface area contributed by atoms with Gasteiger partial charge in [0.1, 0.15) is 0 Å². The standard InChI is InChI=1S/C6H12.2C4H8.C2H4/c1-4-5-6(2)3;1-4(2)3;1-3-4-2;1-2/h5H,4H2,1-3H3;1H2,2-3H3;3H,1,4H2,2H3;1-2H2. The van der Waals surface area contributed by atoms with Gasteiger partial charge in [0, 0.05) is 0 Å². The van der Waals surface area contributed by atoms with Crippen molar-refractivity contribution in [1.82, 2.24) is 0 Å². The minimum atomic E-state index is 1.08. The van der Waals surface area contributed by atoms with Gasteiger partial charge in [0.25, 0.3) is 0 Å². The van der Waals surface area contributed by atoms with Gasteiger partial charge in [-0.25, -0.2) is 0 Å². The highest BCUT2D eigenvalue weighted by molar-refractivity contribution is 4.91. The highest BCUT2D eigenvalue weighted by Crippen LogP contribution is 1.89. The number of allylic oxidation sites excluding steroid dienone is 4. The Kier molecular flexibility index (Phi) is 44.3. The summed E-state index contributed by atoms with van der Waals surface area (Å²) < 4.78 is 0. The molecule has 0 nitrogen and oxygen atoms in total. The third-order valence-corrected chi connectivity index (χ3v) is 0.901. The summed E-state index contributed by atoms with van der Waals surface area (Å²) >= 11 is 0. The zero-order chi connectivity index (χ0) is 14.0. The Morgan fingerprint density at radius 1 is 0.938 bits per heavy atom. The lowest BCUT2D eigenvalue weighted by atomic mass is 10.3. The number of hydrogen-bond acceptors (Lipinski definition) is 0. The summed E-state index contributed by atoms with van der Waals surface area (Å²) in [6, 6.07) is 0. The topological polar surface area (TPSA) is 0 Å². The van der Waals surface area contributed by atoms with Crippen LogP contribution in [0.1, 0.15) is 54.4 Å². The monoisotopic (exact) mass is 224 g/mol. The van der Waals surface area contributed by atoms with Crippen LogP contribution in [0, 0.1) is 0 Å². The summed E-state index contributed by atoms with van der Waals surface area (Å²) in [6.45, 7) is 25.4. The van der Waals surface area contributed by atoms with E-state index >= 15 is 0 Å². The van der Waals surface area contributed by atoms with Gasteiger partial charge < -0.3 is 0 Å². The molecule has 0 aromatic heterocycles. The molecule has 0 amide bonds. The predicted octanol–water partition coefficient (Wildman–Crippen LogP) is 6.33. The molecule has 0 fully saturated rings. The van der Waals surface area contributed by atoms with Crippen LogP contribution in [0.4, 0.5) is 0 Å². The molecule has 0 radical (unpaired) electrons. The van der Waals surface area contributed by atoms with Crippen LogP contribution >= 0.6 is 0 Å². The van der Waals surface area contributed by atoms with E-state index in [1.54, 1.807) is 0 Å². The summed E-state index contributed by atoms with van der Waals surface area (Å²) in [4.78, 5) is 0. The highest BCUT2D eigenvalue weighted by Gasteiger charge is 1.67. The van der Waals surface area contributed by atoms with Crippen molar-refractivity contribution in [3.63, 3.8) is 0 Å². The van der Waals surface area contributed by atoms with E-state index in [-0.39, 0.29) is 0 Å². The second-order valence-corrected chi connectivity index (χ2v) is 3.59. The SMILES string of the molecule is C=C.C=C(C)C.C=CCC.CCC=C(C)C. The first-order valence-electron chi connectivity index (χ1n) is 5.78. The van der Waals surface area contributed by atoms with Crippen molar-refractivity contribution in [1.29, 1.82) is 0 Å². The maximum atomic E-state index is 3.56. The fourth-order valence-corrected chi connectivity index (χ4v) is 0.408. The van der Waals surface area contributed by atoms with E-state index in [2.05, 4.69) is 60.1 Å². The lowest BCUT2D eigenvalue weighted by Gasteiger charge is -1.80. The molecule has 0 atom stereocenters. The van der Waals surface area contributed by atoms with Crippen LogP contribution < -0.4 is 0 Å². The Bertz CT molecular complexity index is 153. The lowest BCUT2D eigenvalue weighted by Crippen LogP contribution is -1.58. The number of hydrogen-bond donors (Lipinski definition) is 0. The molecular formula is C16H32. The van der Waals surface area contributed by atoms with E-state index in [9.17, 15) is 0 Å². The van der Waals surface area contributed by atoms with Crippen molar-refractivity contribution < 1.29 is 0 Å². The van der Waals surface area contributed by atoms with Crippen LogP contribution in [0.15, 0.2) is 49.6 Å². The van der Waals surface area contributed by atoms with Crippen molar-refractivity contribution in [2.24, 2.45) is 0 Å². The molecule has 0 aliphatic carbocycles. The van der Waals surface area contributed by atoms with E-state index in [0.717, 1.165) is 6.42 Å². The molecule has 0 N–H and O–H groups in total. The Hall–Kier alpha value is -1.04. The van der Waals surface area contributed by atoms with Crippen LogP contribution in [0.2, 0.25) is 0 Å². The molecule has 0 saturated heterocycles. The van der Waals surface area contributed by atoms with Crippen LogP contribution in [0.3, 0.4) is 0 Å². The molecule has 0 bridgehead atoms. The van der Waals surface area contributed by atoms with Crippen LogP contribution in [-0.4, -0.2) is 0 Å². The smallest absolute Gasteiger partial charge is 0.0377 e. The Labute approximate surface area is 104 Å². The zero-order valence-electron chi connectivity index (χ0n) is 12.4. The van der Waals surface area contributed by atoms with Gasteiger partial charge in [-0.05, 0) is 40.5 Å². The molecule has 0 spiro atoms. The van der Waals surface area contributed by atoms with E-state index in [4.69, 9.17) is 0 Å². The fourth-order valence-electron chi connectivity index (χ4n) is 0.408. The molecule has 0 aromatic rings. The maximum Gasteiger partial charge on any atom is -0.0377 e. The van der Waals surface area contributed by atoms with E-state index < -0.39 is 0 Å². The largest absolute Gasteiger partial charge is 0.106 e. The molecule has 0 aliphatic rings. The molecule has 0 aliphatic heterocycles. The van der Waals surface area contributed by atoms with E-state index in [1.807, 2.05) is 19.9 Å². The minimum Gasteiger partial charge on any atom is -0.106 e. The van der Waals surface area contributed by atoms with Gasteiger partial charge in [0.05, 0.1) is 0 Å². The average Bonchev–Trinajstić information content (AvgIpc) is 2.20. The molecule has 0 heterocycles. The van der Waals surface area contributed by atoms with Gasteiger partial charge in [0.15, 0.2) is 0 Å². The third kappa shape index (κ3) is 212. The summed E-state index contributed by atoms with van der Waals surface area (Å²) in [7, 11) is 0. The first kappa shape index (κ1) is 24.3. The fraction of sp³-hybridized carbons (Fsp3) is 0.500. The first-order valence-corrected chi connectivity index (χ1v) is 5.78. The van der Waals surface area contributed by atoms with Gasteiger partial charge in [-0.15, -0.1) is 26.3 Å². The molecule has 16 heavy (non-hydrogen) atoms. The lowest BCUT2D eigenvalue weighted by molar-refractivity contribution is 1.18. The zero-order valence-corrected chi connectivity index (χ0v) is 12.4. The minimum absolute atomic E-state index is 1.08. The van der Waals surface area contributed by atoms with Crippen molar-refractivity contribution >= 4 is 0 Å². The molecule has 0 saturated carbocycles. The summed E-state index contributed by atoms with van der Waals surface area (Å²) in [5, 5.41) is 0. The second kappa shape index (κ2) is 29.2. The Balaban J connectivity index is -0.0000000643. The van der Waals surface area contributed by atoms with Gasteiger partial charge >= 0.3 is 0 Å². The van der Waals surface area contributed by atoms with Crippen molar-refractivity contribution in [2.45, 2.75) is 54.4 Å². The van der Waals surface area contributed by atoms with Gasteiger partial charge in [0.2, 0.25) is 0 Å². The summed E-state index contributed by atoms with van der Waals surface area (Å²) in [6.07, 6.45) is 6.34. The third-order valence-electron chi connectivity index (χ3n) is 0.901. The quantitative estimate of drug-likeness (QED) is 0.481. The number of rotatable bonds is 2. The maximum absolute atomic E-state index is 3.56.